The standard InChI is InChI=1S/C10H18N2O8/c1-8(2)10(13)18-6-4-3-5-9(20-12(16)17)7-19-11(14)15/h8-9H,3-7H2,1-2H3/t9-/m1/s1. The summed E-state index contributed by atoms with van der Waals surface area (Å²) in [5, 5.41) is 18.1. The lowest BCUT2D eigenvalue weighted by atomic mass is 10.1. The highest BCUT2D eigenvalue weighted by molar-refractivity contribution is 5.71. The molecule has 0 bridgehead atoms. The van der Waals surface area contributed by atoms with Crippen LogP contribution in [0.3, 0.4) is 0 Å². The summed E-state index contributed by atoms with van der Waals surface area (Å²) in [4.78, 5) is 39.6. The third-order valence-corrected chi connectivity index (χ3v) is 2.24. The first-order chi connectivity index (χ1) is 9.32. The predicted molar refractivity (Wildman–Crippen MR) is 64.5 cm³/mol. The van der Waals surface area contributed by atoms with Crippen LogP contribution in [-0.2, 0) is 19.2 Å². The Morgan fingerprint density at radius 1 is 1.15 bits per heavy atom. The Balaban J connectivity index is 3.86. The summed E-state index contributed by atoms with van der Waals surface area (Å²) >= 11 is 0. The second-order valence-electron chi connectivity index (χ2n) is 4.29. The van der Waals surface area contributed by atoms with Gasteiger partial charge in [-0.2, -0.15) is 0 Å². The fourth-order valence-corrected chi connectivity index (χ4v) is 1.25. The van der Waals surface area contributed by atoms with Gasteiger partial charge in [-0.3, -0.25) is 4.79 Å². The van der Waals surface area contributed by atoms with Crippen molar-refractivity contribution in [2.75, 3.05) is 13.2 Å². The maximum absolute atomic E-state index is 11.1. The highest BCUT2D eigenvalue weighted by Gasteiger charge is 2.15. The number of unbranched alkanes of at least 4 members (excludes halogenated alkanes) is 1. The quantitative estimate of drug-likeness (QED) is 0.240. The molecule has 116 valence electrons. The maximum Gasteiger partial charge on any atom is 0.308 e. The molecule has 0 aromatic rings. The predicted octanol–water partition coefficient (Wildman–Crippen LogP) is 1.14. The highest BCUT2D eigenvalue weighted by Crippen LogP contribution is 2.07. The van der Waals surface area contributed by atoms with Crippen molar-refractivity contribution >= 4 is 5.97 Å². The molecule has 0 aliphatic carbocycles. The molecule has 0 aromatic heterocycles. The molecule has 0 unspecified atom stereocenters. The van der Waals surface area contributed by atoms with Gasteiger partial charge in [-0.15, -0.1) is 20.2 Å². The lowest BCUT2D eigenvalue weighted by molar-refractivity contribution is -0.790. The van der Waals surface area contributed by atoms with E-state index in [4.69, 9.17) is 4.74 Å². The van der Waals surface area contributed by atoms with Crippen molar-refractivity contribution < 1.29 is 29.4 Å². The zero-order valence-electron chi connectivity index (χ0n) is 11.4. The third-order valence-electron chi connectivity index (χ3n) is 2.24. The van der Waals surface area contributed by atoms with E-state index >= 15 is 0 Å². The molecule has 10 nitrogen and oxygen atoms in total. The van der Waals surface area contributed by atoms with E-state index in [1.54, 1.807) is 13.8 Å². The minimum atomic E-state index is -1.04. The van der Waals surface area contributed by atoms with Crippen molar-refractivity contribution in [1.82, 2.24) is 0 Å². The van der Waals surface area contributed by atoms with Crippen molar-refractivity contribution in [3.63, 3.8) is 0 Å². The first-order valence-corrected chi connectivity index (χ1v) is 6.08. The second kappa shape index (κ2) is 9.75. The summed E-state index contributed by atoms with van der Waals surface area (Å²) in [5.41, 5.74) is 0. The summed E-state index contributed by atoms with van der Waals surface area (Å²) in [6.45, 7) is 3.09. The van der Waals surface area contributed by atoms with Crippen LogP contribution < -0.4 is 0 Å². The molecule has 0 aliphatic heterocycles. The van der Waals surface area contributed by atoms with Gasteiger partial charge in [0.15, 0.2) is 0 Å². The van der Waals surface area contributed by atoms with Crippen LogP contribution in [0.1, 0.15) is 33.1 Å². The smallest absolute Gasteiger partial charge is 0.308 e. The van der Waals surface area contributed by atoms with E-state index in [1.165, 1.54) is 0 Å². The first-order valence-electron chi connectivity index (χ1n) is 6.08. The van der Waals surface area contributed by atoms with Gasteiger partial charge in [0, 0.05) is 0 Å². The molecule has 0 amide bonds. The van der Waals surface area contributed by atoms with Gasteiger partial charge in [0.1, 0.15) is 12.7 Å². The maximum atomic E-state index is 11.1. The van der Waals surface area contributed by atoms with Crippen LogP contribution in [0.4, 0.5) is 0 Å². The van der Waals surface area contributed by atoms with Crippen molar-refractivity contribution in [3.8, 4) is 0 Å². The average molecular weight is 294 g/mol. The Morgan fingerprint density at radius 3 is 2.30 bits per heavy atom. The van der Waals surface area contributed by atoms with Crippen LogP contribution in [0.15, 0.2) is 0 Å². The number of carbonyl (C=O) groups excluding carboxylic acids is 1. The molecule has 1 atom stereocenters. The monoisotopic (exact) mass is 294 g/mol. The van der Waals surface area contributed by atoms with Crippen molar-refractivity contribution in [2.24, 2.45) is 5.92 Å². The molecule has 0 spiro atoms. The van der Waals surface area contributed by atoms with Gasteiger partial charge < -0.3 is 14.4 Å². The lowest BCUT2D eigenvalue weighted by Crippen LogP contribution is -2.24. The van der Waals surface area contributed by atoms with Gasteiger partial charge in [0.25, 0.3) is 10.2 Å². The van der Waals surface area contributed by atoms with E-state index in [0.29, 0.717) is 12.8 Å². The third kappa shape index (κ3) is 9.85. The molecule has 0 N–H and O–H groups in total. The fraction of sp³-hybridized carbons (Fsp3) is 0.900. The normalized spacial score (nSPS) is 11.8. The summed E-state index contributed by atoms with van der Waals surface area (Å²) in [7, 11) is 0. The zero-order valence-corrected chi connectivity index (χ0v) is 11.4. The van der Waals surface area contributed by atoms with Gasteiger partial charge in [0.05, 0.1) is 12.5 Å². The van der Waals surface area contributed by atoms with Gasteiger partial charge in [-0.05, 0) is 19.3 Å². The average Bonchev–Trinajstić information content (AvgIpc) is 2.33. The molecule has 0 saturated heterocycles. The van der Waals surface area contributed by atoms with Crippen molar-refractivity contribution in [2.45, 2.75) is 39.2 Å². The van der Waals surface area contributed by atoms with E-state index < -0.39 is 22.9 Å². The van der Waals surface area contributed by atoms with Gasteiger partial charge in [0.2, 0.25) is 0 Å². The number of esters is 1. The number of hydrogen-bond acceptors (Lipinski definition) is 8. The number of ether oxygens (including phenoxy) is 1. The SMILES string of the molecule is CC(C)C(=O)OCCCC[C@H](CO[N+](=O)[O-])O[N+](=O)[O-]. The molecule has 0 radical (unpaired) electrons. The van der Waals surface area contributed by atoms with Gasteiger partial charge in [-0.1, -0.05) is 13.8 Å². The molecule has 20 heavy (non-hydrogen) atoms. The Morgan fingerprint density at radius 2 is 1.80 bits per heavy atom. The molecule has 0 aromatic carbocycles. The largest absolute Gasteiger partial charge is 0.465 e. The molecule has 0 fully saturated rings. The first kappa shape index (κ1) is 17.9. The van der Waals surface area contributed by atoms with Crippen LogP contribution in [0.2, 0.25) is 0 Å². The molecular formula is C10H18N2O8. The molecule has 0 rings (SSSR count). The summed E-state index contributed by atoms with van der Waals surface area (Å²) in [6.07, 6.45) is 0.101. The van der Waals surface area contributed by atoms with Crippen LogP contribution >= 0.6 is 0 Å². The van der Waals surface area contributed by atoms with E-state index in [2.05, 4.69) is 9.68 Å². The Kier molecular flexibility index (Phi) is 8.72. The number of hydrogen-bond donors (Lipinski definition) is 0. The number of rotatable bonds is 11. The minimum Gasteiger partial charge on any atom is -0.465 e. The van der Waals surface area contributed by atoms with Crippen molar-refractivity contribution in [3.05, 3.63) is 20.2 Å². The molecule has 10 heteroatoms. The molecule has 0 aliphatic rings. The van der Waals surface area contributed by atoms with Crippen LogP contribution in [-0.4, -0.2) is 35.5 Å². The van der Waals surface area contributed by atoms with Gasteiger partial charge in [-0.25, -0.2) is 0 Å². The van der Waals surface area contributed by atoms with Crippen LogP contribution in [0.25, 0.3) is 0 Å². The Bertz CT molecular complexity index is 333. The topological polar surface area (TPSA) is 131 Å². The Labute approximate surface area is 115 Å². The van der Waals surface area contributed by atoms with E-state index in [1.807, 2.05) is 0 Å². The van der Waals surface area contributed by atoms with Crippen molar-refractivity contribution in [1.29, 1.82) is 0 Å². The zero-order chi connectivity index (χ0) is 15.5. The number of nitrogens with zero attached hydrogens (tertiary/aromatic N) is 2. The van der Waals surface area contributed by atoms with Crippen LogP contribution in [0.5, 0.6) is 0 Å². The molecule has 0 heterocycles. The number of carbonyl (C=O) groups is 1. The fourth-order valence-electron chi connectivity index (χ4n) is 1.25. The highest BCUT2D eigenvalue weighted by atomic mass is 17.0. The minimum absolute atomic E-state index is 0.189. The van der Waals surface area contributed by atoms with E-state index in [9.17, 15) is 25.0 Å². The summed E-state index contributed by atoms with van der Waals surface area (Å²) in [5.74, 6) is -0.533. The van der Waals surface area contributed by atoms with E-state index in [0.717, 1.165) is 0 Å². The summed E-state index contributed by atoms with van der Waals surface area (Å²) < 4.78 is 4.91. The van der Waals surface area contributed by atoms with Crippen LogP contribution in [0, 0.1) is 26.1 Å². The molecule has 0 saturated carbocycles. The van der Waals surface area contributed by atoms with E-state index in [-0.39, 0.29) is 24.9 Å². The lowest BCUT2D eigenvalue weighted by Gasteiger charge is -2.13. The summed E-state index contributed by atoms with van der Waals surface area (Å²) in [6, 6.07) is 0. The second-order valence-corrected chi connectivity index (χ2v) is 4.29. The Hall–Kier alpha value is -2.13. The van der Waals surface area contributed by atoms with Gasteiger partial charge >= 0.3 is 5.97 Å². The molecular weight excluding hydrogens is 276 g/mol.